The summed E-state index contributed by atoms with van der Waals surface area (Å²) in [7, 11) is 0. The van der Waals surface area contributed by atoms with Gasteiger partial charge in [0.25, 0.3) is 5.91 Å². The topological polar surface area (TPSA) is 74.6 Å². The van der Waals surface area contributed by atoms with E-state index in [0.717, 1.165) is 30.6 Å². The number of furan rings is 1. The molecule has 1 atom stereocenters. The number of amides is 2. The van der Waals surface area contributed by atoms with Crippen molar-refractivity contribution in [2.45, 2.75) is 19.4 Å². The van der Waals surface area contributed by atoms with Crippen LogP contribution >= 0.6 is 12.4 Å². The quantitative estimate of drug-likeness (QED) is 0.686. The lowest BCUT2D eigenvalue weighted by Gasteiger charge is -2.34. The third kappa shape index (κ3) is 4.78. The zero-order chi connectivity index (χ0) is 19.5. The second-order valence-corrected chi connectivity index (χ2v) is 7.12. The minimum absolute atomic E-state index is 0. The van der Waals surface area contributed by atoms with Crippen molar-refractivity contribution in [1.29, 1.82) is 0 Å². The number of fused-ring (bicyclic) bond motifs is 1. The SMILES string of the molecule is C[C@@H]1CNCCN1C(=O)Cc1ccc(NC(=O)c2cc3ccccc3o2)cc1.Cl. The standard InChI is InChI=1S/C22H23N3O3.ClH/c1-15-14-23-10-11-25(15)21(26)12-16-6-8-18(9-7-16)24-22(27)20-13-17-4-2-3-5-19(17)28-20;/h2-9,13,15,23H,10-12,14H2,1H3,(H,24,27);1H/t15-;/m1./s1. The molecule has 0 aliphatic carbocycles. The Morgan fingerprint density at radius 3 is 2.66 bits per heavy atom. The van der Waals surface area contributed by atoms with Crippen LogP contribution in [0, 0.1) is 0 Å². The highest BCUT2D eigenvalue weighted by Crippen LogP contribution is 2.20. The number of hydrogen-bond acceptors (Lipinski definition) is 4. The minimum atomic E-state index is -0.297. The van der Waals surface area contributed by atoms with Gasteiger partial charge < -0.3 is 20.0 Å². The molecule has 2 aromatic carbocycles. The maximum Gasteiger partial charge on any atom is 0.291 e. The van der Waals surface area contributed by atoms with Gasteiger partial charge in [-0.1, -0.05) is 30.3 Å². The molecule has 0 bridgehead atoms. The average Bonchev–Trinajstić information content (AvgIpc) is 3.14. The first-order chi connectivity index (χ1) is 13.6. The summed E-state index contributed by atoms with van der Waals surface area (Å²) in [4.78, 5) is 26.9. The Morgan fingerprint density at radius 1 is 1.17 bits per heavy atom. The molecule has 1 saturated heterocycles. The van der Waals surface area contributed by atoms with Gasteiger partial charge in [0.2, 0.25) is 5.91 Å². The molecule has 0 unspecified atom stereocenters. The number of benzene rings is 2. The molecule has 2 heterocycles. The van der Waals surface area contributed by atoms with Crippen LogP contribution < -0.4 is 10.6 Å². The molecule has 6 nitrogen and oxygen atoms in total. The van der Waals surface area contributed by atoms with Crippen LogP contribution in [-0.2, 0) is 11.2 Å². The van der Waals surface area contributed by atoms with E-state index in [9.17, 15) is 9.59 Å². The summed E-state index contributed by atoms with van der Waals surface area (Å²) in [5, 5.41) is 7.02. The lowest BCUT2D eigenvalue weighted by atomic mass is 10.1. The molecule has 1 aromatic heterocycles. The smallest absolute Gasteiger partial charge is 0.291 e. The van der Waals surface area contributed by atoms with Crippen LogP contribution in [0.25, 0.3) is 11.0 Å². The van der Waals surface area contributed by atoms with Crippen LogP contribution in [0.4, 0.5) is 5.69 Å². The van der Waals surface area contributed by atoms with Gasteiger partial charge in [-0.15, -0.1) is 12.4 Å². The Bertz CT molecular complexity index is 967. The van der Waals surface area contributed by atoms with Crippen LogP contribution in [-0.4, -0.2) is 42.4 Å². The predicted molar refractivity (Wildman–Crippen MR) is 116 cm³/mol. The van der Waals surface area contributed by atoms with Gasteiger partial charge >= 0.3 is 0 Å². The molecule has 1 fully saturated rings. The number of halogens is 1. The molecular formula is C22H24ClN3O3. The van der Waals surface area contributed by atoms with Gasteiger partial charge in [-0.05, 0) is 36.8 Å². The van der Waals surface area contributed by atoms with E-state index in [-0.39, 0.29) is 36.0 Å². The third-order valence-electron chi connectivity index (χ3n) is 5.04. The lowest BCUT2D eigenvalue weighted by molar-refractivity contribution is -0.133. The molecule has 3 aromatic rings. The average molecular weight is 414 g/mol. The number of carbonyl (C=O) groups is 2. The number of anilines is 1. The van der Waals surface area contributed by atoms with Crippen molar-refractivity contribution < 1.29 is 14.0 Å². The molecule has 2 amide bonds. The van der Waals surface area contributed by atoms with Gasteiger partial charge in [-0.3, -0.25) is 9.59 Å². The number of para-hydroxylation sites is 1. The lowest BCUT2D eigenvalue weighted by Crippen LogP contribution is -2.52. The molecular weight excluding hydrogens is 390 g/mol. The summed E-state index contributed by atoms with van der Waals surface area (Å²) >= 11 is 0. The molecule has 0 radical (unpaired) electrons. The Balaban J connectivity index is 0.00000240. The predicted octanol–water partition coefficient (Wildman–Crippen LogP) is 3.47. The fraction of sp³-hybridized carbons (Fsp3) is 0.273. The van der Waals surface area contributed by atoms with Crippen LogP contribution in [0.5, 0.6) is 0 Å². The van der Waals surface area contributed by atoms with Crippen molar-refractivity contribution in [1.82, 2.24) is 10.2 Å². The summed E-state index contributed by atoms with van der Waals surface area (Å²) in [5.74, 6) is 0.107. The van der Waals surface area contributed by atoms with Gasteiger partial charge in [0.1, 0.15) is 5.58 Å². The summed E-state index contributed by atoms with van der Waals surface area (Å²) in [5.41, 5.74) is 2.28. The van der Waals surface area contributed by atoms with Gasteiger partial charge in [0.15, 0.2) is 5.76 Å². The maximum atomic E-state index is 12.5. The Hall–Kier alpha value is -2.83. The molecule has 152 valence electrons. The number of piperazine rings is 1. The largest absolute Gasteiger partial charge is 0.451 e. The maximum absolute atomic E-state index is 12.5. The normalized spacial score (nSPS) is 16.3. The molecule has 7 heteroatoms. The van der Waals surface area contributed by atoms with Crippen LogP contribution in [0.15, 0.2) is 59.0 Å². The summed E-state index contributed by atoms with van der Waals surface area (Å²) < 4.78 is 5.59. The van der Waals surface area contributed by atoms with Crippen molar-refractivity contribution in [3.63, 3.8) is 0 Å². The Labute approximate surface area is 175 Å². The molecule has 0 spiro atoms. The van der Waals surface area contributed by atoms with Crippen molar-refractivity contribution >= 4 is 40.9 Å². The van der Waals surface area contributed by atoms with E-state index in [1.54, 1.807) is 6.07 Å². The van der Waals surface area contributed by atoms with Gasteiger partial charge in [0, 0.05) is 36.7 Å². The highest BCUT2D eigenvalue weighted by molar-refractivity contribution is 6.04. The number of nitrogens with zero attached hydrogens (tertiary/aromatic N) is 1. The van der Waals surface area contributed by atoms with Crippen LogP contribution in [0.1, 0.15) is 23.0 Å². The highest BCUT2D eigenvalue weighted by atomic mass is 35.5. The zero-order valence-corrected chi connectivity index (χ0v) is 17.0. The number of nitrogens with one attached hydrogen (secondary N) is 2. The van der Waals surface area contributed by atoms with E-state index in [0.29, 0.717) is 17.7 Å². The van der Waals surface area contributed by atoms with Crippen LogP contribution in [0.2, 0.25) is 0 Å². The molecule has 29 heavy (non-hydrogen) atoms. The van der Waals surface area contributed by atoms with E-state index in [4.69, 9.17) is 4.42 Å². The van der Waals surface area contributed by atoms with Gasteiger partial charge in [-0.2, -0.15) is 0 Å². The minimum Gasteiger partial charge on any atom is -0.451 e. The first-order valence-corrected chi connectivity index (χ1v) is 9.49. The molecule has 1 aliphatic heterocycles. The van der Waals surface area contributed by atoms with Crippen molar-refractivity contribution in [2.24, 2.45) is 0 Å². The summed E-state index contributed by atoms with van der Waals surface area (Å²) in [6.45, 7) is 4.47. The van der Waals surface area contributed by atoms with E-state index < -0.39 is 0 Å². The molecule has 2 N–H and O–H groups in total. The molecule has 1 aliphatic rings. The Kier molecular flexibility index (Phi) is 6.56. The second-order valence-electron chi connectivity index (χ2n) is 7.12. The fourth-order valence-corrected chi connectivity index (χ4v) is 3.48. The van der Waals surface area contributed by atoms with Crippen molar-refractivity contribution in [2.75, 3.05) is 25.0 Å². The number of rotatable bonds is 4. The monoisotopic (exact) mass is 413 g/mol. The van der Waals surface area contributed by atoms with Gasteiger partial charge in [-0.25, -0.2) is 0 Å². The Morgan fingerprint density at radius 2 is 1.93 bits per heavy atom. The fourth-order valence-electron chi connectivity index (χ4n) is 3.48. The van der Waals surface area contributed by atoms with E-state index in [2.05, 4.69) is 17.6 Å². The number of carbonyl (C=O) groups excluding carboxylic acids is 2. The summed E-state index contributed by atoms with van der Waals surface area (Å²) in [6.07, 6.45) is 0.363. The molecule has 0 saturated carbocycles. The molecule has 4 rings (SSSR count). The van der Waals surface area contributed by atoms with Gasteiger partial charge in [0.05, 0.1) is 6.42 Å². The van der Waals surface area contributed by atoms with E-state index in [1.165, 1.54) is 0 Å². The first-order valence-electron chi connectivity index (χ1n) is 9.49. The highest BCUT2D eigenvalue weighted by Gasteiger charge is 2.22. The second kappa shape index (κ2) is 9.11. The summed E-state index contributed by atoms with van der Waals surface area (Å²) in [6, 6.07) is 16.8. The third-order valence-corrected chi connectivity index (χ3v) is 5.04. The number of hydrogen-bond donors (Lipinski definition) is 2. The van der Waals surface area contributed by atoms with Crippen molar-refractivity contribution in [3.05, 3.63) is 65.9 Å². The van der Waals surface area contributed by atoms with Crippen LogP contribution in [0.3, 0.4) is 0 Å². The first kappa shape index (κ1) is 20.9. The van der Waals surface area contributed by atoms with Crippen molar-refractivity contribution in [3.8, 4) is 0 Å². The van der Waals surface area contributed by atoms with E-state index in [1.807, 2.05) is 53.4 Å². The zero-order valence-electron chi connectivity index (χ0n) is 16.2. The van der Waals surface area contributed by atoms with E-state index >= 15 is 0 Å².